The lowest BCUT2D eigenvalue weighted by Crippen LogP contribution is -2.27. The van der Waals surface area contributed by atoms with Gasteiger partial charge in [0.05, 0.1) is 17.4 Å². The van der Waals surface area contributed by atoms with E-state index < -0.39 is 6.67 Å². The Bertz CT molecular complexity index is 1490. The van der Waals surface area contributed by atoms with Gasteiger partial charge in [0, 0.05) is 36.8 Å². The molecule has 0 atom stereocenters. The normalized spacial score (nSPS) is 11.1. The smallest absolute Gasteiger partial charge is 0.261 e. The molecule has 2 aromatic carbocycles. The van der Waals surface area contributed by atoms with E-state index in [0.717, 1.165) is 22.4 Å². The van der Waals surface area contributed by atoms with Gasteiger partial charge in [0.2, 0.25) is 0 Å². The van der Waals surface area contributed by atoms with Crippen LogP contribution in [0.1, 0.15) is 5.82 Å². The van der Waals surface area contributed by atoms with Gasteiger partial charge in [-0.25, -0.2) is 9.37 Å². The van der Waals surface area contributed by atoms with Gasteiger partial charge in [0.25, 0.3) is 5.56 Å². The molecule has 0 aliphatic carbocycles. The molecular weight excluding hydrogens is 432 g/mol. The standard InChI is InChI=1S/C26H22FN5O2/c1-31-16-22(18-10-13-28-14-11-18)25(30-31)19-6-8-20(9-7-19)34-17-24-29-23-5-3-2-4-21(23)26(33)32(24)15-12-27/h2-11,13-14,16H,12,15,17H2,1H3/i27-1. The molecule has 0 amide bonds. The van der Waals surface area contributed by atoms with Crippen LogP contribution in [-0.2, 0) is 20.2 Å². The van der Waals surface area contributed by atoms with Gasteiger partial charge in [-0.2, -0.15) is 5.10 Å². The van der Waals surface area contributed by atoms with E-state index in [-0.39, 0.29) is 18.7 Å². The Hall–Kier alpha value is -4.33. The molecule has 0 unspecified atom stereocenters. The fraction of sp³-hybridized carbons (Fsp3) is 0.154. The first kappa shape index (κ1) is 21.5. The van der Waals surface area contributed by atoms with Crippen molar-refractivity contribution in [3.63, 3.8) is 0 Å². The van der Waals surface area contributed by atoms with Gasteiger partial charge in [0.15, 0.2) is 0 Å². The van der Waals surface area contributed by atoms with E-state index >= 15 is 0 Å². The molecule has 0 aliphatic heterocycles. The van der Waals surface area contributed by atoms with Gasteiger partial charge in [-0.3, -0.25) is 19.0 Å². The summed E-state index contributed by atoms with van der Waals surface area (Å²) >= 11 is 0. The molecule has 0 radical (unpaired) electrons. The first-order chi connectivity index (χ1) is 16.6. The van der Waals surface area contributed by atoms with Crippen molar-refractivity contribution in [3.05, 3.63) is 95.4 Å². The van der Waals surface area contributed by atoms with Crippen LogP contribution in [0.25, 0.3) is 33.3 Å². The SMILES string of the molecule is Cn1cc(-c2ccncc2)c(-c2ccc(OCc3nc4ccccc4c(=O)n3CC[18F])cc2)n1. The minimum Gasteiger partial charge on any atom is -0.486 e. The zero-order valence-electron chi connectivity index (χ0n) is 18.6. The van der Waals surface area contributed by atoms with Crippen LogP contribution in [0.5, 0.6) is 5.75 Å². The van der Waals surface area contributed by atoms with Crippen LogP contribution in [0.2, 0.25) is 0 Å². The fourth-order valence-electron chi connectivity index (χ4n) is 3.94. The summed E-state index contributed by atoms with van der Waals surface area (Å²) in [6, 6.07) is 18.5. The second-order valence-corrected chi connectivity index (χ2v) is 7.80. The van der Waals surface area contributed by atoms with Crippen LogP contribution in [0.15, 0.2) is 84.0 Å². The van der Waals surface area contributed by atoms with E-state index in [0.29, 0.717) is 22.5 Å². The maximum atomic E-state index is 13.1. The Morgan fingerprint density at radius 1 is 0.971 bits per heavy atom. The van der Waals surface area contributed by atoms with Gasteiger partial charge in [-0.05, 0) is 54.1 Å². The molecule has 3 heterocycles. The lowest BCUT2D eigenvalue weighted by Gasteiger charge is -2.13. The average Bonchev–Trinajstić information content (AvgIpc) is 3.27. The first-order valence-electron chi connectivity index (χ1n) is 10.9. The molecular formula is C26H22FN5O2. The summed E-state index contributed by atoms with van der Waals surface area (Å²) < 4.78 is 22.2. The summed E-state index contributed by atoms with van der Waals surface area (Å²) in [6.45, 7) is -0.678. The third-order valence-electron chi connectivity index (χ3n) is 5.56. The van der Waals surface area contributed by atoms with E-state index in [1.54, 1.807) is 35.3 Å². The Labute approximate surface area is 195 Å². The van der Waals surface area contributed by atoms with Crippen LogP contribution in [-0.4, -0.2) is 31.0 Å². The van der Waals surface area contributed by atoms with Crippen molar-refractivity contribution in [2.75, 3.05) is 6.67 Å². The second kappa shape index (κ2) is 9.27. The zero-order chi connectivity index (χ0) is 23.5. The molecule has 7 nitrogen and oxygen atoms in total. The number of fused-ring (bicyclic) bond motifs is 1. The van der Waals surface area contributed by atoms with E-state index in [1.807, 2.05) is 55.7 Å². The highest BCUT2D eigenvalue weighted by molar-refractivity contribution is 5.80. The number of benzene rings is 2. The quantitative estimate of drug-likeness (QED) is 0.364. The largest absolute Gasteiger partial charge is 0.486 e. The minimum atomic E-state index is -0.661. The number of pyridine rings is 1. The highest BCUT2D eigenvalue weighted by atomic mass is 18.2. The van der Waals surface area contributed by atoms with Crippen molar-refractivity contribution in [1.82, 2.24) is 24.3 Å². The zero-order valence-corrected chi connectivity index (χ0v) is 18.6. The molecule has 5 rings (SSSR count). The molecule has 0 saturated carbocycles. The first-order valence-corrected chi connectivity index (χ1v) is 10.9. The van der Waals surface area contributed by atoms with Gasteiger partial charge in [-0.15, -0.1) is 0 Å². The number of para-hydroxylation sites is 1. The molecule has 0 fully saturated rings. The molecule has 5 aromatic rings. The Morgan fingerprint density at radius 3 is 2.50 bits per heavy atom. The van der Waals surface area contributed by atoms with Gasteiger partial charge >= 0.3 is 0 Å². The molecule has 0 saturated heterocycles. The maximum absolute atomic E-state index is 13.1. The number of hydrogen-bond acceptors (Lipinski definition) is 5. The summed E-state index contributed by atoms with van der Waals surface area (Å²) in [7, 11) is 1.89. The second-order valence-electron chi connectivity index (χ2n) is 7.80. The number of aromatic nitrogens is 5. The van der Waals surface area contributed by atoms with Crippen molar-refractivity contribution < 1.29 is 9.13 Å². The summed E-state index contributed by atoms with van der Waals surface area (Å²) in [4.78, 5) is 21.4. The van der Waals surface area contributed by atoms with Crippen LogP contribution < -0.4 is 10.3 Å². The Morgan fingerprint density at radius 2 is 1.74 bits per heavy atom. The van der Waals surface area contributed by atoms with Crippen LogP contribution in [0, 0.1) is 0 Å². The van der Waals surface area contributed by atoms with Gasteiger partial charge in [-0.1, -0.05) is 12.1 Å². The van der Waals surface area contributed by atoms with Crippen LogP contribution >= 0.6 is 0 Å². The topological polar surface area (TPSA) is 74.8 Å². The predicted octanol–water partition coefficient (Wildman–Crippen LogP) is 4.41. The van der Waals surface area contributed by atoms with Crippen LogP contribution in [0.4, 0.5) is 4.39 Å². The molecule has 0 spiro atoms. The lowest BCUT2D eigenvalue weighted by molar-refractivity contribution is 0.283. The monoisotopic (exact) mass is 454 g/mol. The van der Waals surface area contributed by atoms with Crippen molar-refractivity contribution in [2.45, 2.75) is 13.2 Å². The highest BCUT2D eigenvalue weighted by Gasteiger charge is 2.14. The van der Waals surface area contributed by atoms with Crippen LogP contribution in [0.3, 0.4) is 0 Å². The van der Waals surface area contributed by atoms with E-state index in [4.69, 9.17) is 4.74 Å². The molecule has 0 N–H and O–H groups in total. The van der Waals surface area contributed by atoms with E-state index in [2.05, 4.69) is 15.1 Å². The average molecular weight is 454 g/mol. The van der Waals surface area contributed by atoms with Crippen molar-refractivity contribution in [3.8, 4) is 28.1 Å². The number of nitrogens with zero attached hydrogens (tertiary/aromatic N) is 5. The Balaban J connectivity index is 1.40. The van der Waals surface area contributed by atoms with E-state index in [1.165, 1.54) is 4.57 Å². The molecule has 0 aliphatic rings. The summed E-state index contributed by atoms with van der Waals surface area (Å²) in [6.07, 6.45) is 5.49. The number of halogens is 1. The third kappa shape index (κ3) is 4.17. The number of ether oxygens (including phenoxy) is 1. The third-order valence-corrected chi connectivity index (χ3v) is 5.56. The molecule has 8 heteroatoms. The molecule has 3 aromatic heterocycles. The number of hydrogen-bond donors (Lipinski definition) is 0. The fourth-order valence-corrected chi connectivity index (χ4v) is 3.94. The van der Waals surface area contributed by atoms with E-state index in [9.17, 15) is 9.18 Å². The number of aryl methyl sites for hydroxylation is 1. The van der Waals surface area contributed by atoms with Crippen molar-refractivity contribution in [1.29, 1.82) is 0 Å². The summed E-state index contributed by atoms with van der Waals surface area (Å²) in [5.41, 5.74) is 4.14. The van der Waals surface area contributed by atoms with Gasteiger partial charge in [0.1, 0.15) is 30.5 Å². The number of rotatable bonds is 7. The lowest BCUT2D eigenvalue weighted by atomic mass is 10.0. The predicted molar refractivity (Wildman–Crippen MR) is 128 cm³/mol. The van der Waals surface area contributed by atoms with Crippen molar-refractivity contribution in [2.24, 2.45) is 7.05 Å². The maximum Gasteiger partial charge on any atom is 0.261 e. The van der Waals surface area contributed by atoms with Crippen molar-refractivity contribution >= 4 is 10.9 Å². The molecule has 34 heavy (non-hydrogen) atoms. The minimum absolute atomic E-state index is 0.0469. The number of alkyl halides is 1. The molecule has 170 valence electrons. The molecule has 0 bridgehead atoms. The Kier molecular flexibility index (Phi) is 5.86. The summed E-state index contributed by atoms with van der Waals surface area (Å²) in [5.74, 6) is 0.995. The highest BCUT2D eigenvalue weighted by Crippen LogP contribution is 2.31. The summed E-state index contributed by atoms with van der Waals surface area (Å²) in [5, 5.41) is 5.09. The van der Waals surface area contributed by atoms with Gasteiger partial charge < -0.3 is 4.74 Å².